The number of guanidine groups is 1. The fourth-order valence-electron chi connectivity index (χ4n) is 1.76. The molecule has 0 unspecified atom stereocenters. The van der Waals surface area contributed by atoms with Gasteiger partial charge in [-0.2, -0.15) is 0 Å². The molecule has 2 N–H and O–H groups in total. The van der Waals surface area contributed by atoms with Gasteiger partial charge in [0.1, 0.15) is 0 Å². The number of hydrogen-bond donors (Lipinski definition) is 1. The standard InChI is InChI=1S/C13H20N4.HI/c1-3-10-6-7-15-11(8-10)9-16-13(14)17(2)12-4-5-12;/h6-8,12H,3-5,9H2,1-2H3,(H2,14,16);1H. The first-order chi connectivity index (χ1) is 8.20. The summed E-state index contributed by atoms with van der Waals surface area (Å²) in [7, 11) is 2.01. The Morgan fingerprint density at radius 2 is 2.28 bits per heavy atom. The fraction of sp³-hybridized carbons (Fsp3) is 0.538. The number of aliphatic imine (C=N–C) groups is 1. The Hall–Kier alpha value is -0.850. The molecule has 0 spiro atoms. The van der Waals surface area contributed by atoms with Crippen LogP contribution in [0.2, 0.25) is 0 Å². The number of aromatic nitrogens is 1. The molecule has 1 aliphatic rings. The number of rotatable bonds is 4. The summed E-state index contributed by atoms with van der Waals surface area (Å²) in [6, 6.07) is 4.73. The maximum Gasteiger partial charge on any atom is 0.191 e. The lowest BCUT2D eigenvalue weighted by molar-refractivity contribution is 0.487. The van der Waals surface area contributed by atoms with E-state index in [2.05, 4.69) is 27.9 Å². The van der Waals surface area contributed by atoms with E-state index < -0.39 is 0 Å². The highest BCUT2D eigenvalue weighted by atomic mass is 127. The summed E-state index contributed by atoms with van der Waals surface area (Å²) in [5.41, 5.74) is 8.20. The molecule has 1 saturated carbocycles. The van der Waals surface area contributed by atoms with Crippen molar-refractivity contribution in [1.29, 1.82) is 0 Å². The van der Waals surface area contributed by atoms with Crippen molar-refractivity contribution in [3.8, 4) is 0 Å². The highest BCUT2D eigenvalue weighted by Crippen LogP contribution is 2.24. The Balaban J connectivity index is 0.00000162. The van der Waals surface area contributed by atoms with E-state index in [1.54, 1.807) is 0 Å². The van der Waals surface area contributed by atoms with Gasteiger partial charge in [0.25, 0.3) is 0 Å². The lowest BCUT2D eigenvalue weighted by Gasteiger charge is -2.16. The Morgan fingerprint density at radius 1 is 1.56 bits per heavy atom. The smallest absolute Gasteiger partial charge is 0.191 e. The van der Waals surface area contributed by atoms with Crippen molar-refractivity contribution >= 4 is 29.9 Å². The maximum absolute atomic E-state index is 5.92. The summed E-state index contributed by atoms with van der Waals surface area (Å²) in [6.45, 7) is 2.70. The highest BCUT2D eigenvalue weighted by Gasteiger charge is 2.27. The zero-order chi connectivity index (χ0) is 12.3. The van der Waals surface area contributed by atoms with Crippen LogP contribution < -0.4 is 5.73 Å². The van der Waals surface area contributed by atoms with E-state index in [0.29, 0.717) is 18.5 Å². The quantitative estimate of drug-likeness (QED) is 0.509. The lowest BCUT2D eigenvalue weighted by Crippen LogP contribution is -2.35. The topological polar surface area (TPSA) is 54.5 Å². The number of nitrogens with zero attached hydrogens (tertiary/aromatic N) is 3. The molecule has 1 aromatic rings. The molecular formula is C13H21IN4. The van der Waals surface area contributed by atoms with Crippen molar-refractivity contribution in [3.05, 3.63) is 29.6 Å². The first kappa shape index (κ1) is 15.2. The third kappa shape index (κ3) is 4.12. The van der Waals surface area contributed by atoms with Crippen molar-refractivity contribution in [3.63, 3.8) is 0 Å². The minimum atomic E-state index is 0. The summed E-state index contributed by atoms with van der Waals surface area (Å²) in [6.07, 6.45) is 5.33. The third-order valence-corrected chi connectivity index (χ3v) is 3.15. The van der Waals surface area contributed by atoms with Crippen LogP contribution in [0.4, 0.5) is 0 Å². The highest BCUT2D eigenvalue weighted by molar-refractivity contribution is 14.0. The second-order valence-corrected chi connectivity index (χ2v) is 4.53. The molecule has 1 fully saturated rings. The van der Waals surface area contributed by atoms with Gasteiger partial charge in [0.15, 0.2) is 5.96 Å². The Morgan fingerprint density at radius 3 is 2.89 bits per heavy atom. The van der Waals surface area contributed by atoms with Crippen molar-refractivity contribution in [2.75, 3.05) is 7.05 Å². The minimum absolute atomic E-state index is 0. The zero-order valence-corrected chi connectivity index (χ0v) is 13.3. The molecule has 4 nitrogen and oxygen atoms in total. The van der Waals surface area contributed by atoms with E-state index in [0.717, 1.165) is 12.1 Å². The van der Waals surface area contributed by atoms with Crippen LogP contribution in [-0.2, 0) is 13.0 Å². The van der Waals surface area contributed by atoms with Gasteiger partial charge in [-0.05, 0) is 37.0 Å². The van der Waals surface area contributed by atoms with E-state index in [-0.39, 0.29) is 24.0 Å². The summed E-state index contributed by atoms with van der Waals surface area (Å²) < 4.78 is 0. The monoisotopic (exact) mass is 360 g/mol. The van der Waals surface area contributed by atoms with Crippen LogP contribution in [0, 0.1) is 0 Å². The van der Waals surface area contributed by atoms with E-state index in [4.69, 9.17) is 5.73 Å². The second kappa shape index (κ2) is 6.92. The molecule has 1 aromatic heterocycles. The number of aryl methyl sites for hydroxylation is 1. The molecule has 5 heteroatoms. The number of halogens is 1. The zero-order valence-electron chi connectivity index (χ0n) is 11.0. The van der Waals surface area contributed by atoms with E-state index in [1.807, 2.05) is 19.3 Å². The first-order valence-corrected chi connectivity index (χ1v) is 6.17. The first-order valence-electron chi connectivity index (χ1n) is 6.17. The largest absolute Gasteiger partial charge is 0.370 e. The Labute approximate surface area is 126 Å². The van der Waals surface area contributed by atoms with Crippen LogP contribution in [0.25, 0.3) is 0 Å². The molecule has 18 heavy (non-hydrogen) atoms. The molecule has 1 aliphatic carbocycles. The number of hydrogen-bond acceptors (Lipinski definition) is 2. The van der Waals surface area contributed by atoms with Gasteiger partial charge >= 0.3 is 0 Å². The molecule has 0 bridgehead atoms. The average molecular weight is 360 g/mol. The molecule has 0 radical (unpaired) electrons. The van der Waals surface area contributed by atoms with Gasteiger partial charge in [0.2, 0.25) is 0 Å². The van der Waals surface area contributed by atoms with Crippen LogP contribution in [-0.4, -0.2) is 28.9 Å². The molecular weight excluding hydrogens is 339 g/mol. The summed E-state index contributed by atoms with van der Waals surface area (Å²) >= 11 is 0. The molecule has 0 saturated heterocycles. The van der Waals surface area contributed by atoms with E-state index in [9.17, 15) is 0 Å². The van der Waals surface area contributed by atoms with Gasteiger partial charge in [-0.15, -0.1) is 24.0 Å². The maximum atomic E-state index is 5.92. The van der Waals surface area contributed by atoms with Gasteiger partial charge in [0.05, 0.1) is 12.2 Å². The van der Waals surface area contributed by atoms with Gasteiger partial charge in [-0.3, -0.25) is 4.98 Å². The lowest BCUT2D eigenvalue weighted by atomic mass is 10.2. The van der Waals surface area contributed by atoms with Gasteiger partial charge in [-0.25, -0.2) is 4.99 Å². The second-order valence-electron chi connectivity index (χ2n) is 4.53. The molecule has 2 rings (SSSR count). The van der Waals surface area contributed by atoms with Crippen molar-refractivity contribution in [1.82, 2.24) is 9.88 Å². The van der Waals surface area contributed by atoms with E-state index >= 15 is 0 Å². The predicted octanol–water partition coefficient (Wildman–Crippen LogP) is 2.17. The average Bonchev–Trinajstić information content (AvgIpc) is 3.19. The van der Waals surface area contributed by atoms with Crippen LogP contribution in [0.3, 0.4) is 0 Å². The molecule has 0 aromatic carbocycles. The molecule has 0 aliphatic heterocycles. The van der Waals surface area contributed by atoms with Crippen LogP contribution in [0.5, 0.6) is 0 Å². The fourth-order valence-corrected chi connectivity index (χ4v) is 1.76. The van der Waals surface area contributed by atoms with E-state index in [1.165, 1.54) is 18.4 Å². The van der Waals surface area contributed by atoms with Crippen molar-refractivity contribution in [2.24, 2.45) is 10.7 Å². The van der Waals surface area contributed by atoms with Crippen LogP contribution >= 0.6 is 24.0 Å². The summed E-state index contributed by atoms with van der Waals surface area (Å²) in [5.74, 6) is 0.621. The molecule has 0 atom stereocenters. The van der Waals surface area contributed by atoms with Crippen LogP contribution in [0.15, 0.2) is 23.3 Å². The third-order valence-electron chi connectivity index (χ3n) is 3.15. The van der Waals surface area contributed by atoms with Crippen molar-refractivity contribution < 1.29 is 0 Å². The van der Waals surface area contributed by atoms with Gasteiger partial charge < -0.3 is 10.6 Å². The van der Waals surface area contributed by atoms with Crippen LogP contribution in [0.1, 0.15) is 31.0 Å². The normalized spacial score (nSPS) is 15.1. The molecule has 0 amide bonds. The summed E-state index contributed by atoms with van der Waals surface area (Å²) in [5, 5.41) is 0. The summed E-state index contributed by atoms with van der Waals surface area (Å²) in [4.78, 5) is 10.7. The number of nitrogens with two attached hydrogens (primary N) is 1. The van der Waals surface area contributed by atoms with Crippen molar-refractivity contribution in [2.45, 2.75) is 38.8 Å². The number of pyridine rings is 1. The van der Waals surface area contributed by atoms with Gasteiger partial charge in [-0.1, -0.05) is 6.92 Å². The minimum Gasteiger partial charge on any atom is -0.370 e. The molecule has 1 heterocycles. The SMILES string of the molecule is CCc1ccnc(CN=C(N)N(C)C2CC2)c1.I. The Kier molecular flexibility index (Phi) is 5.84. The predicted molar refractivity (Wildman–Crippen MR) is 85.1 cm³/mol. The Bertz CT molecular complexity index is 415. The van der Waals surface area contributed by atoms with Gasteiger partial charge in [0, 0.05) is 19.3 Å². The molecule has 100 valence electrons.